The van der Waals surface area contributed by atoms with Gasteiger partial charge in [-0.3, -0.25) is 0 Å². The molecule has 456 valence electrons. The van der Waals surface area contributed by atoms with Crippen LogP contribution in [0.15, 0.2) is 146 Å². The van der Waals surface area contributed by atoms with Crippen LogP contribution < -0.4 is 14.2 Å². The zero-order valence-electron chi connectivity index (χ0n) is 53.8. The van der Waals surface area contributed by atoms with Gasteiger partial charge in [-0.15, -0.1) is 0 Å². The van der Waals surface area contributed by atoms with E-state index in [0.29, 0.717) is 73.6 Å². The fourth-order valence-electron chi connectivity index (χ4n) is 11.2. The van der Waals surface area contributed by atoms with Crippen LogP contribution >= 0.6 is 0 Å². The maximum atomic E-state index is 10.0. The second kappa shape index (κ2) is 30.6. The lowest BCUT2D eigenvalue weighted by Crippen LogP contribution is -2.35. The Labute approximate surface area is 530 Å². The van der Waals surface area contributed by atoms with Gasteiger partial charge in [-0.1, -0.05) is 93.6 Å². The van der Waals surface area contributed by atoms with Crippen LogP contribution in [0.3, 0.4) is 0 Å². The van der Waals surface area contributed by atoms with Crippen LogP contribution in [0.5, 0.6) is 17.6 Å². The summed E-state index contributed by atoms with van der Waals surface area (Å²) in [6.45, 7) is 15.9. The number of pyridine rings is 3. The normalized spacial score (nSPS) is 12.9. The molecule has 3 aromatic heterocycles. The Morgan fingerprint density at radius 2 is 0.611 bits per heavy atom. The fraction of sp³-hybridized carbons (Fsp3) is 0.320. The van der Waals surface area contributed by atoms with Crippen molar-refractivity contribution in [2.75, 3.05) is 62.1 Å². The summed E-state index contributed by atoms with van der Waals surface area (Å²) in [5, 5.41) is 60.0. The van der Waals surface area contributed by atoms with E-state index >= 15 is 0 Å². The first kappa shape index (κ1) is 67.3. The summed E-state index contributed by atoms with van der Waals surface area (Å²) in [6, 6.07) is 61.0. The zero-order chi connectivity index (χ0) is 65.2. The average molecular weight is 1200 g/mol. The van der Waals surface area contributed by atoms with E-state index in [4.69, 9.17) is 30.0 Å². The third kappa shape index (κ3) is 16.5. The molecule has 0 amide bonds. The van der Waals surface area contributed by atoms with Crippen LogP contribution in [-0.2, 0) is 55.1 Å². The number of methoxy groups -OCH3 is 3. The molecule has 3 atom stereocenters. The molecule has 0 aliphatic heterocycles. The minimum Gasteiger partial charge on any atom is -0.481 e. The SMILES string of the molecule is CCc1cc2ccc(C(C)(C#N)CN(C)Cc3ccc(C#N)cc3)cc2nc1OC.CCc1cc2ccc([C@@](C)(C#N)CN(C)Cc3ccc(C#N)cc3)cc2nc1OC.CCc1cc2ccc([C@](C)(C#N)CN(C)Cc3ccc(C#N)cc3)cc2nc1OC. The number of aryl methyl sites for hydroxylation is 3. The first-order valence-electron chi connectivity index (χ1n) is 30.0. The van der Waals surface area contributed by atoms with E-state index in [1.165, 1.54) is 0 Å². The summed E-state index contributed by atoms with van der Waals surface area (Å²) < 4.78 is 16.3. The number of fused-ring (bicyclic) bond motifs is 3. The van der Waals surface area contributed by atoms with E-state index < -0.39 is 16.2 Å². The van der Waals surface area contributed by atoms with Crippen molar-refractivity contribution >= 4 is 32.7 Å². The topological polar surface area (TPSA) is 219 Å². The molecular weight excluding hydrogens is 1120 g/mol. The highest BCUT2D eigenvalue weighted by Gasteiger charge is 2.32. The Morgan fingerprint density at radius 1 is 0.367 bits per heavy atom. The van der Waals surface area contributed by atoms with Gasteiger partial charge in [0.25, 0.3) is 0 Å². The Hall–Kier alpha value is -10.2. The minimum atomic E-state index is -0.687. The van der Waals surface area contributed by atoms with Crippen LogP contribution in [0.2, 0.25) is 0 Å². The summed E-state index contributed by atoms with van der Waals surface area (Å²) >= 11 is 0. The van der Waals surface area contributed by atoms with Gasteiger partial charge in [0.15, 0.2) is 0 Å². The molecule has 9 aromatic rings. The summed E-state index contributed by atoms with van der Waals surface area (Å²) in [5.41, 5.74) is 11.7. The fourth-order valence-corrected chi connectivity index (χ4v) is 11.2. The Bertz CT molecular complexity index is 3810. The van der Waals surface area contributed by atoms with Gasteiger partial charge in [0.1, 0.15) is 0 Å². The van der Waals surface area contributed by atoms with E-state index in [1.54, 1.807) is 21.3 Å². The van der Waals surface area contributed by atoms with E-state index in [1.807, 2.05) is 169 Å². The standard InChI is InChI=1S/3C25H26N4O/c3*1-5-20-12-21-10-11-22(13-23(21)28-24(20)30-4)25(2,16-27)17-29(3)15-19-8-6-18(14-26)7-9-19/h3*6-13H,5,15,17H2,1-4H3/t2*25-;/m10./s1. The van der Waals surface area contributed by atoms with Crippen molar-refractivity contribution in [1.82, 2.24) is 29.7 Å². The number of rotatable bonds is 21. The van der Waals surface area contributed by atoms with E-state index in [-0.39, 0.29) is 0 Å². The smallest absolute Gasteiger partial charge is 0.216 e. The predicted octanol–water partition coefficient (Wildman–Crippen LogP) is 13.8. The molecule has 15 heteroatoms. The molecule has 0 saturated heterocycles. The molecule has 0 aliphatic rings. The Kier molecular flexibility index (Phi) is 22.9. The summed E-state index contributed by atoms with van der Waals surface area (Å²) in [6.07, 6.45) is 2.55. The van der Waals surface area contributed by atoms with Crippen molar-refractivity contribution in [3.05, 3.63) is 212 Å². The Balaban J connectivity index is 0.000000192. The second-order valence-corrected chi connectivity index (χ2v) is 23.5. The van der Waals surface area contributed by atoms with Crippen molar-refractivity contribution in [2.45, 2.75) is 96.7 Å². The van der Waals surface area contributed by atoms with Gasteiger partial charge >= 0.3 is 0 Å². The first-order chi connectivity index (χ1) is 43.3. The van der Waals surface area contributed by atoms with Gasteiger partial charge in [-0.05, 0) is 167 Å². The monoisotopic (exact) mass is 1190 g/mol. The second-order valence-electron chi connectivity index (χ2n) is 23.5. The zero-order valence-corrected chi connectivity index (χ0v) is 53.8. The molecule has 0 bridgehead atoms. The number of hydrogen-bond acceptors (Lipinski definition) is 15. The number of nitrogens with zero attached hydrogens (tertiary/aromatic N) is 12. The van der Waals surface area contributed by atoms with Gasteiger partial charge in [0, 0.05) is 72.1 Å². The number of hydrogen-bond donors (Lipinski definition) is 0. The molecule has 9 rings (SSSR count). The number of benzene rings is 6. The molecule has 0 radical (unpaired) electrons. The molecule has 0 aliphatic carbocycles. The van der Waals surface area contributed by atoms with Crippen molar-refractivity contribution < 1.29 is 14.2 Å². The van der Waals surface area contributed by atoms with Gasteiger partial charge in [-0.2, -0.15) is 31.6 Å². The molecule has 0 spiro atoms. The maximum Gasteiger partial charge on any atom is 0.216 e. The van der Waals surface area contributed by atoms with E-state index in [0.717, 1.165) is 102 Å². The quantitative estimate of drug-likeness (QED) is 0.0653. The molecule has 3 heterocycles. The van der Waals surface area contributed by atoms with Crippen LogP contribution in [-0.4, -0.2) is 91.8 Å². The lowest BCUT2D eigenvalue weighted by atomic mass is 9.83. The number of ether oxygens (including phenoxy) is 3. The largest absolute Gasteiger partial charge is 0.481 e. The minimum absolute atomic E-state index is 0.569. The van der Waals surface area contributed by atoms with Gasteiger partial charge in [0.2, 0.25) is 17.6 Å². The van der Waals surface area contributed by atoms with Crippen molar-refractivity contribution in [3.8, 4) is 54.1 Å². The van der Waals surface area contributed by atoms with Crippen molar-refractivity contribution in [1.29, 1.82) is 31.6 Å². The summed E-state index contributed by atoms with van der Waals surface area (Å²) in [7, 11) is 10.9. The Morgan fingerprint density at radius 3 is 0.811 bits per heavy atom. The van der Waals surface area contributed by atoms with Crippen molar-refractivity contribution in [3.63, 3.8) is 0 Å². The first-order valence-corrected chi connectivity index (χ1v) is 30.0. The predicted molar refractivity (Wildman–Crippen MR) is 354 cm³/mol. The summed E-state index contributed by atoms with van der Waals surface area (Å²) in [4.78, 5) is 20.4. The maximum absolute atomic E-state index is 10.0. The van der Waals surface area contributed by atoms with Crippen LogP contribution in [0, 0.1) is 68.0 Å². The molecule has 0 saturated carbocycles. The van der Waals surface area contributed by atoms with Gasteiger partial charge in [0.05, 0.1) is 107 Å². The van der Waals surface area contributed by atoms with Crippen molar-refractivity contribution in [2.24, 2.45) is 0 Å². The van der Waals surface area contributed by atoms with E-state index in [9.17, 15) is 15.8 Å². The van der Waals surface area contributed by atoms with Crippen LogP contribution in [0.25, 0.3) is 32.7 Å². The molecule has 0 fully saturated rings. The highest BCUT2D eigenvalue weighted by atomic mass is 16.5. The lowest BCUT2D eigenvalue weighted by molar-refractivity contribution is 0.281. The van der Waals surface area contributed by atoms with Crippen LogP contribution in [0.1, 0.15) is 108 Å². The van der Waals surface area contributed by atoms with Gasteiger partial charge in [-0.25, -0.2) is 15.0 Å². The number of aromatic nitrogens is 3. The highest BCUT2D eigenvalue weighted by molar-refractivity contribution is 5.83. The third-order valence-corrected chi connectivity index (χ3v) is 16.3. The molecular formula is C75H78N12O3. The number of likely N-dealkylation sites (N-methyl/N-ethyl adjacent to an activating group) is 3. The summed E-state index contributed by atoms with van der Waals surface area (Å²) in [5.74, 6) is 1.91. The average Bonchev–Trinajstić information content (AvgIpc) is 0.904. The number of nitriles is 6. The van der Waals surface area contributed by atoms with Crippen LogP contribution in [0.4, 0.5) is 0 Å². The molecule has 90 heavy (non-hydrogen) atoms. The molecule has 6 aromatic carbocycles. The molecule has 15 nitrogen and oxygen atoms in total. The highest BCUT2D eigenvalue weighted by Crippen LogP contribution is 2.34. The third-order valence-electron chi connectivity index (χ3n) is 16.3. The van der Waals surface area contributed by atoms with E-state index in [2.05, 4.69) is 105 Å². The lowest BCUT2D eigenvalue weighted by Gasteiger charge is -2.28. The molecule has 1 unspecified atom stereocenters. The molecule has 0 N–H and O–H groups in total. The van der Waals surface area contributed by atoms with Gasteiger partial charge < -0.3 is 28.9 Å².